The van der Waals surface area contributed by atoms with Crippen LogP contribution in [-0.2, 0) is 9.53 Å². The fourth-order valence-corrected chi connectivity index (χ4v) is 1.47. The molecule has 0 fully saturated rings. The Morgan fingerprint density at radius 1 is 1.44 bits per heavy atom. The zero-order chi connectivity index (χ0) is 13.8. The second-order valence-corrected chi connectivity index (χ2v) is 5.00. The quantitative estimate of drug-likeness (QED) is 0.652. The third-order valence-electron chi connectivity index (χ3n) is 2.46. The Balaban J connectivity index is 2.72. The molecular formula is C13H17NO3S. The number of benzene rings is 1. The van der Waals surface area contributed by atoms with Crippen molar-refractivity contribution in [3.05, 3.63) is 29.8 Å². The Hall–Kier alpha value is -1.62. The molecule has 5 heteroatoms. The predicted molar refractivity (Wildman–Crippen MR) is 73.6 cm³/mol. The number of thiocarbonyl (C=S) groups is 1. The molecule has 0 aliphatic carbocycles. The van der Waals surface area contributed by atoms with E-state index >= 15 is 0 Å². The van der Waals surface area contributed by atoms with Gasteiger partial charge in [-0.15, -0.1) is 0 Å². The number of carbonyl (C=O) groups excluding carboxylic acids is 1. The first kappa shape index (κ1) is 14.4. The highest BCUT2D eigenvalue weighted by molar-refractivity contribution is 7.80. The zero-order valence-electron chi connectivity index (χ0n) is 10.7. The smallest absolute Gasteiger partial charge is 0.314 e. The summed E-state index contributed by atoms with van der Waals surface area (Å²) in [6.45, 7) is 3.74. The summed E-state index contributed by atoms with van der Waals surface area (Å²) in [7, 11) is 1.36. The van der Waals surface area contributed by atoms with E-state index in [1.807, 2.05) is 0 Å². The van der Waals surface area contributed by atoms with Gasteiger partial charge in [0, 0.05) is 5.56 Å². The summed E-state index contributed by atoms with van der Waals surface area (Å²) in [4.78, 5) is 11.8. The first-order chi connectivity index (χ1) is 8.36. The topological polar surface area (TPSA) is 61.5 Å². The van der Waals surface area contributed by atoms with Gasteiger partial charge in [0.2, 0.25) is 0 Å². The third-order valence-corrected chi connectivity index (χ3v) is 2.69. The van der Waals surface area contributed by atoms with Crippen molar-refractivity contribution >= 4 is 23.2 Å². The Labute approximate surface area is 112 Å². The van der Waals surface area contributed by atoms with E-state index in [4.69, 9.17) is 27.4 Å². The lowest BCUT2D eigenvalue weighted by molar-refractivity contribution is -0.152. The summed E-state index contributed by atoms with van der Waals surface area (Å²) in [6, 6.07) is 7.14. The van der Waals surface area contributed by atoms with Crippen molar-refractivity contribution in [2.24, 2.45) is 11.1 Å². The molecule has 0 amide bonds. The summed E-state index contributed by atoms with van der Waals surface area (Å²) in [5.74, 6) is 0.310. The molecule has 1 aromatic carbocycles. The lowest BCUT2D eigenvalue weighted by Crippen LogP contribution is -2.32. The molecule has 0 atom stereocenters. The van der Waals surface area contributed by atoms with Crippen molar-refractivity contribution in [2.45, 2.75) is 13.8 Å². The summed E-state index contributed by atoms with van der Waals surface area (Å²) < 4.78 is 10.3. The molecule has 0 aromatic heterocycles. The van der Waals surface area contributed by atoms with Crippen LogP contribution < -0.4 is 10.5 Å². The van der Waals surface area contributed by atoms with Crippen LogP contribution in [0.15, 0.2) is 24.3 Å². The number of carbonyl (C=O) groups is 1. The Morgan fingerprint density at radius 2 is 2.11 bits per heavy atom. The minimum absolute atomic E-state index is 0.223. The molecule has 0 saturated carbocycles. The maximum atomic E-state index is 11.5. The van der Waals surface area contributed by atoms with E-state index in [9.17, 15) is 4.79 Å². The molecule has 1 aromatic rings. The summed E-state index contributed by atoms with van der Waals surface area (Å²) in [6.07, 6.45) is 0. The van der Waals surface area contributed by atoms with E-state index in [0.717, 1.165) is 5.56 Å². The number of nitrogens with two attached hydrogens (primary N) is 1. The third kappa shape index (κ3) is 3.70. The molecule has 4 nitrogen and oxygen atoms in total. The summed E-state index contributed by atoms with van der Waals surface area (Å²) in [5, 5.41) is 0. The van der Waals surface area contributed by atoms with Gasteiger partial charge in [0.25, 0.3) is 0 Å². The summed E-state index contributed by atoms with van der Waals surface area (Å²) >= 11 is 4.89. The lowest BCUT2D eigenvalue weighted by atomic mass is 9.95. The maximum absolute atomic E-state index is 11.5. The molecule has 1 rings (SSSR count). The first-order valence-corrected chi connectivity index (χ1v) is 5.89. The average molecular weight is 267 g/mol. The van der Waals surface area contributed by atoms with Crippen molar-refractivity contribution in [1.29, 1.82) is 0 Å². The Bertz CT molecular complexity index is 457. The molecule has 0 saturated heterocycles. The van der Waals surface area contributed by atoms with Gasteiger partial charge >= 0.3 is 5.97 Å². The number of ether oxygens (including phenoxy) is 2. The number of esters is 1. The first-order valence-electron chi connectivity index (χ1n) is 5.48. The van der Waals surface area contributed by atoms with E-state index in [0.29, 0.717) is 10.7 Å². The van der Waals surface area contributed by atoms with E-state index in [1.165, 1.54) is 7.11 Å². The Morgan fingerprint density at radius 3 is 2.67 bits per heavy atom. The number of hydrogen-bond acceptors (Lipinski definition) is 4. The molecule has 0 unspecified atom stereocenters. The second kappa shape index (κ2) is 5.82. The van der Waals surface area contributed by atoms with E-state index in [1.54, 1.807) is 38.1 Å². The van der Waals surface area contributed by atoms with Crippen LogP contribution in [0.5, 0.6) is 5.75 Å². The van der Waals surface area contributed by atoms with Crippen molar-refractivity contribution < 1.29 is 14.3 Å². The molecule has 0 aliphatic rings. The fourth-order valence-electron chi connectivity index (χ4n) is 1.34. The molecular weight excluding hydrogens is 250 g/mol. The molecule has 0 aliphatic heterocycles. The Kier molecular flexibility index (Phi) is 4.67. The van der Waals surface area contributed by atoms with Crippen LogP contribution in [0.4, 0.5) is 0 Å². The molecule has 18 heavy (non-hydrogen) atoms. The van der Waals surface area contributed by atoms with Gasteiger partial charge < -0.3 is 15.2 Å². The monoisotopic (exact) mass is 267 g/mol. The highest BCUT2D eigenvalue weighted by Gasteiger charge is 2.29. The van der Waals surface area contributed by atoms with Gasteiger partial charge in [-0.05, 0) is 26.0 Å². The van der Waals surface area contributed by atoms with Crippen LogP contribution in [0.2, 0.25) is 0 Å². The number of methoxy groups -OCH3 is 1. The van der Waals surface area contributed by atoms with Gasteiger partial charge in [-0.1, -0.05) is 24.4 Å². The predicted octanol–water partition coefficient (Wildman–Crippen LogP) is 1.90. The van der Waals surface area contributed by atoms with Crippen LogP contribution in [0.25, 0.3) is 0 Å². The highest BCUT2D eigenvalue weighted by atomic mass is 32.1. The van der Waals surface area contributed by atoms with Crippen molar-refractivity contribution in [1.82, 2.24) is 0 Å². The zero-order valence-corrected chi connectivity index (χ0v) is 11.5. The van der Waals surface area contributed by atoms with Gasteiger partial charge in [0.05, 0.1) is 12.5 Å². The summed E-state index contributed by atoms with van der Waals surface area (Å²) in [5.41, 5.74) is 5.57. The highest BCUT2D eigenvalue weighted by Crippen LogP contribution is 2.20. The van der Waals surface area contributed by atoms with Gasteiger partial charge in [-0.3, -0.25) is 4.79 Å². The molecule has 0 radical (unpaired) electrons. The molecule has 0 bridgehead atoms. The average Bonchev–Trinajstić information content (AvgIpc) is 2.35. The van der Waals surface area contributed by atoms with Gasteiger partial charge in [0.15, 0.2) is 0 Å². The minimum atomic E-state index is -0.700. The SMILES string of the molecule is COC(=O)C(C)(C)COc1cccc(C(N)=S)c1. The second-order valence-electron chi connectivity index (χ2n) is 4.56. The molecule has 98 valence electrons. The van der Waals surface area contributed by atoms with Crippen LogP contribution >= 0.6 is 12.2 Å². The fraction of sp³-hybridized carbons (Fsp3) is 0.385. The minimum Gasteiger partial charge on any atom is -0.492 e. The molecule has 2 N–H and O–H groups in total. The van der Waals surface area contributed by atoms with Crippen LogP contribution in [0.1, 0.15) is 19.4 Å². The van der Waals surface area contributed by atoms with Crippen LogP contribution in [0.3, 0.4) is 0 Å². The van der Waals surface area contributed by atoms with E-state index < -0.39 is 5.41 Å². The van der Waals surface area contributed by atoms with Crippen LogP contribution in [0, 0.1) is 5.41 Å². The lowest BCUT2D eigenvalue weighted by Gasteiger charge is -2.21. The standard InChI is InChI=1S/C13H17NO3S/c1-13(2,12(15)16-3)8-17-10-6-4-5-9(7-10)11(14)18/h4-7H,8H2,1-3H3,(H2,14,18). The van der Waals surface area contributed by atoms with Crippen molar-refractivity contribution in [3.8, 4) is 5.75 Å². The van der Waals surface area contributed by atoms with Gasteiger partial charge in [0.1, 0.15) is 17.3 Å². The molecule has 0 spiro atoms. The van der Waals surface area contributed by atoms with Gasteiger partial charge in [-0.2, -0.15) is 0 Å². The van der Waals surface area contributed by atoms with E-state index in [-0.39, 0.29) is 12.6 Å². The van der Waals surface area contributed by atoms with Crippen molar-refractivity contribution in [2.75, 3.05) is 13.7 Å². The van der Waals surface area contributed by atoms with Crippen LogP contribution in [-0.4, -0.2) is 24.7 Å². The normalized spacial score (nSPS) is 10.8. The maximum Gasteiger partial charge on any atom is 0.314 e. The van der Waals surface area contributed by atoms with Gasteiger partial charge in [-0.25, -0.2) is 0 Å². The number of hydrogen-bond donors (Lipinski definition) is 1. The largest absolute Gasteiger partial charge is 0.492 e. The number of rotatable bonds is 5. The van der Waals surface area contributed by atoms with E-state index in [2.05, 4.69) is 0 Å². The van der Waals surface area contributed by atoms with Crippen molar-refractivity contribution in [3.63, 3.8) is 0 Å². The molecule has 0 heterocycles.